The number of hydrogen-bond acceptors (Lipinski definition) is 4. The number of nitrogens with two attached hydrogens (primary N) is 1. The fourth-order valence-electron chi connectivity index (χ4n) is 0.492. The first-order chi connectivity index (χ1) is 4.30. The molecule has 0 spiro atoms. The predicted octanol–water partition coefficient (Wildman–Crippen LogP) is -0.214. The molecule has 0 aliphatic rings. The highest BCUT2D eigenvalue weighted by Crippen LogP contribution is 1.98. The van der Waals surface area contributed by atoms with Crippen molar-refractivity contribution in [1.82, 2.24) is 9.97 Å². The summed E-state index contributed by atoms with van der Waals surface area (Å²) in [5, 5.41) is 1.43. The molecule has 4 heteroatoms. The first kappa shape index (κ1) is 5.97. The standard InChI is InChI=1S/C5H8N4/c1-9(6)5-2-3-7-4-8-5/h2-4H,6H2,1H3. The normalized spacial score (nSPS) is 9.11. The lowest BCUT2D eigenvalue weighted by Crippen LogP contribution is -2.25. The fourth-order valence-corrected chi connectivity index (χ4v) is 0.492. The summed E-state index contributed by atoms with van der Waals surface area (Å²) < 4.78 is 0. The molecule has 0 bridgehead atoms. The van der Waals surface area contributed by atoms with Gasteiger partial charge in [-0.25, -0.2) is 15.8 Å². The molecule has 1 aromatic heterocycles. The van der Waals surface area contributed by atoms with E-state index < -0.39 is 0 Å². The van der Waals surface area contributed by atoms with Crippen LogP contribution >= 0.6 is 0 Å². The van der Waals surface area contributed by atoms with Crippen LogP contribution in [0.4, 0.5) is 5.82 Å². The van der Waals surface area contributed by atoms with Crippen LogP contribution in [0.25, 0.3) is 0 Å². The number of aromatic nitrogens is 2. The summed E-state index contributed by atoms with van der Waals surface area (Å²) >= 11 is 0. The summed E-state index contributed by atoms with van der Waals surface area (Å²) in [7, 11) is 1.72. The average molecular weight is 124 g/mol. The molecule has 0 fully saturated rings. The third-order valence-corrected chi connectivity index (χ3v) is 0.928. The highest BCUT2D eigenvalue weighted by Gasteiger charge is 1.90. The third kappa shape index (κ3) is 1.36. The lowest BCUT2D eigenvalue weighted by atomic mass is 10.6. The van der Waals surface area contributed by atoms with Crippen molar-refractivity contribution in [3.63, 3.8) is 0 Å². The van der Waals surface area contributed by atoms with Crippen LogP contribution in [-0.4, -0.2) is 17.0 Å². The van der Waals surface area contributed by atoms with Crippen LogP contribution < -0.4 is 10.9 Å². The Morgan fingerprint density at radius 1 is 1.67 bits per heavy atom. The fraction of sp³-hybridized carbons (Fsp3) is 0.200. The molecular formula is C5H8N4. The van der Waals surface area contributed by atoms with Crippen LogP contribution in [0, 0.1) is 0 Å². The summed E-state index contributed by atoms with van der Waals surface area (Å²) in [6.07, 6.45) is 3.10. The van der Waals surface area contributed by atoms with E-state index in [-0.39, 0.29) is 0 Å². The van der Waals surface area contributed by atoms with Crippen molar-refractivity contribution in [2.45, 2.75) is 0 Å². The molecule has 0 atom stereocenters. The van der Waals surface area contributed by atoms with Crippen LogP contribution in [0.2, 0.25) is 0 Å². The van der Waals surface area contributed by atoms with E-state index >= 15 is 0 Å². The molecule has 4 nitrogen and oxygen atoms in total. The largest absolute Gasteiger partial charge is 0.298 e. The van der Waals surface area contributed by atoms with E-state index in [9.17, 15) is 0 Å². The van der Waals surface area contributed by atoms with E-state index in [1.165, 1.54) is 11.3 Å². The summed E-state index contributed by atoms with van der Waals surface area (Å²) in [4.78, 5) is 7.60. The molecule has 0 aromatic carbocycles. The third-order valence-electron chi connectivity index (χ3n) is 0.928. The monoisotopic (exact) mass is 124 g/mol. The smallest absolute Gasteiger partial charge is 0.145 e. The molecule has 1 aromatic rings. The lowest BCUT2D eigenvalue weighted by molar-refractivity contribution is 0.962. The second-order valence-corrected chi connectivity index (χ2v) is 1.68. The lowest BCUT2D eigenvalue weighted by Gasteiger charge is -2.07. The molecule has 2 N–H and O–H groups in total. The average Bonchev–Trinajstić information content (AvgIpc) is 1.90. The van der Waals surface area contributed by atoms with Crippen LogP contribution in [-0.2, 0) is 0 Å². The van der Waals surface area contributed by atoms with Gasteiger partial charge in [0.2, 0.25) is 0 Å². The first-order valence-corrected chi connectivity index (χ1v) is 2.55. The molecule has 0 aliphatic carbocycles. The summed E-state index contributed by atoms with van der Waals surface area (Å²) in [6.45, 7) is 0. The predicted molar refractivity (Wildman–Crippen MR) is 34.6 cm³/mol. The molecule has 0 aliphatic heterocycles. The van der Waals surface area contributed by atoms with Crippen molar-refractivity contribution in [2.24, 2.45) is 5.84 Å². The minimum absolute atomic E-state index is 0.713. The van der Waals surface area contributed by atoms with Gasteiger partial charge in [0, 0.05) is 19.3 Å². The molecular weight excluding hydrogens is 116 g/mol. The molecule has 0 amide bonds. The van der Waals surface area contributed by atoms with Crippen LogP contribution in [0.3, 0.4) is 0 Å². The minimum atomic E-state index is 0.713. The van der Waals surface area contributed by atoms with E-state index in [4.69, 9.17) is 5.84 Å². The van der Waals surface area contributed by atoms with Gasteiger partial charge in [-0.15, -0.1) is 0 Å². The molecule has 48 valence electrons. The Kier molecular flexibility index (Phi) is 1.60. The molecule has 0 saturated carbocycles. The minimum Gasteiger partial charge on any atom is -0.298 e. The maximum atomic E-state index is 5.36. The number of hydrazine groups is 1. The van der Waals surface area contributed by atoms with Gasteiger partial charge in [0.1, 0.15) is 12.1 Å². The van der Waals surface area contributed by atoms with E-state index in [0.29, 0.717) is 5.82 Å². The molecule has 1 rings (SSSR count). The summed E-state index contributed by atoms with van der Waals surface area (Å²) in [5.74, 6) is 6.07. The number of anilines is 1. The molecule has 0 saturated heterocycles. The number of nitrogens with zero attached hydrogens (tertiary/aromatic N) is 3. The molecule has 0 radical (unpaired) electrons. The second kappa shape index (κ2) is 2.41. The van der Waals surface area contributed by atoms with Crippen molar-refractivity contribution < 1.29 is 0 Å². The van der Waals surface area contributed by atoms with E-state index in [0.717, 1.165) is 0 Å². The Hall–Kier alpha value is -1.16. The Bertz CT molecular complexity index is 172. The molecule has 1 heterocycles. The van der Waals surface area contributed by atoms with Gasteiger partial charge in [-0.3, -0.25) is 5.01 Å². The zero-order valence-corrected chi connectivity index (χ0v) is 5.15. The van der Waals surface area contributed by atoms with E-state index in [2.05, 4.69) is 9.97 Å². The van der Waals surface area contributed by atoms with Gasteiger partial charge in [0.15, 0.2) is 0 Å². The van der Waals surface area contributed by atoms with Gasteiger partial charge < -0.3 is 0 Å². The topological polar surface area (TPSA) is 55.0 Å². The number of rotatable bonds is 1. The van der Waals surface area contributed by atoms with Gasteiger partial charge in [0.25, 0.3) is 0 Å². The van der Waals surface area contributed by atoms with Gasteiger partial charge in [-0.1, -0.05) is 0 Å². The number of hydrogen-bond donors (Lipinski definition) is 1. The molecule has 0 unspecified atom stereocenters. The van der Waals surface area contributed by atoms with Crippen LogP contribution in [0.1, 0.15) is 0 Å². The van der Waals surface area contributed by atoms with Crippen molar-refractivity contribution in [2.75, 3.05) is 12.1 Å². The zero-order valence-electron chi connectivity index (χ0n) is 5.15. The maximum Gasteiger partial charge on any atom is 0.145 e. The second-order valence-electron chi connectivity index (χ2n) is 1.68. The van der Waals surface area contributed by atoms with Crippen LogP contribution in [0.5, 0.6) is 0 Å². The van der Waals surface area contributed by atoms with Crippen molar-refractivity contribution >= 4 is 5.82 Å². The quantitative estimate of drug-likeness (QED) is 0.415. The Morgan fingerprint density at radius 2 is 2.44 bits per heavy atom. The van der Waals surface area contributed by atoms with Crippen molar-refractivity contribution in [1.29, 1.82) is 0 Å². The Labute approximate surface area is 53.3 Å². The van der Waals surface area contributed by atoms with Crippen LogP contribution in [0.15, 0.2) is 18.6 Å². The maximum absolute atomic E-state index is 5.36. The first-order valence-electron chi connectivity index (χ1n) is 2.55. The van der Waals surface area contributed by atoms with Crippen molar-refractivity contribution in [3.8, 4) is 0 Å². The SMILES string of the molecule is CN(N)c1ccncn1. The highest BCUT2D eigenvalue weighted by atomic mass is 15.4. The summed E-state index contributed by atoms with van der Waals surface area (Å²) in [6, 6.07) is 1.74. The van der Waals surface area contributed by atoms with Crippen molar-refractivity contribution in [3.05, 3.63) is 18.6 Å². The van der Waals surface area contributed by atoms with E-state index in [1.807, 2.05) is 0 Å². The van der Waals surface area contributed by atoms with Gasteiger partial charge >= 0.3 is 0 Å². The Balaban J connectivity index is 2.85. The van der Waals surface area contributed by atoms with Gasteiger partial charge in [-0.2, -0.15) is 0 Å². The highest BCUT2D eigenvalue weighted by molar-refractivity contribution is 5.32. The Morgan fingerprint density at radius 3 is 2.78 bits per heavy atom. The molecule has 9 heavy (non-hydrogen) atoms. The van der Waals surface area contributed by atoms with Gasteiger partial charge in [0.05, 0.1) is 0 Å². The zero-order chi connectivity index (χ0) is 6.69. The summed E-state index contributed by atoms with van der Waals surface area (Å²) in [5.41, 5.74) is 0. The van der Waals surface area contributed by atoms with Gasteiger partial charge in [-0.05, 0) is 0 Å². The van der Waals surface area contributed by atoms with E-state index in [1.54, 1.807) is 19.3 Å².